The van der Waals surface area contributed by atoms with Gasteiger partial charge in [0, 0.05) is 4.47 Å². The van der Waals surface area contributed by atoms with Crippen molar-refractivity contribution in [1.29, 1.82) is 0 Å². The van der Waals surface area contributed by atoms with Crippen LogP contribution in [0.25, 0.3) is 0 Å². The van der Waals surface area contributed by atoms with Crippen molar-refractivity contribution in [3.05, 3.63) is 21.9 Å². The van der Waals surface area contributed by atoms with Gasteiger partial charge in [-0.2, -0.15) is 0 Å². The number of nitrogen functional groups attached to an aromatic ring is 1. The molecule has 0 spiro atoms. The Hall–Kier alpha value is -1.30. The van der Waals surface area contributed by atoms with Gasteiger partial charge < -0.3 is 15.6 Å². The molecule has 0 heterocycles. The Bertz CT molecular complexity index is 395. The third-order valence-corrected chi connectivity index (χ3v) is 2.31. The molecule has 76 valence electrons. The summed E-state index contributed by atoms with van der Waals surface area (Å²) in [6.07, 6.45) is 0. The van der Waals surface area contributed by atoms with Crippen molar-refractivity contribution < 1.29 is 19.0 Å². The van der Waals surface area contributed by atoms with E-state index >= 15 is 0 Å². The van der Waals surface area contributed by atoms with Crippen molar-refractivity contribution in [1.82, 2.24) is 0 Å². The summed E-state index contributed by atoms with van der Waals surface area (Å²) >= 11 is 3.01. The maximum atomic E-state index is 13.4. The van der Waals surface area contributed by atoms with Crippen LogP contribution in [0.5, 0.6) is 5.75 Å². The van der Waals surface area contributed by atoms with E-state index < -0.39 is 17.3 Å². The highest BCUT2D eigenvalue weighted by Gasteiger charge is 2.21. The number of carboxylic acids is 1. The molecule has 0 atom stereocenters. The largest absolute Gasteiger partial charge is 0.494 e. The normalized spacial score (nSPS) is 9.93. The van der Waals surface area contributed by atoms with E-state index in [2.05, 4.69) is 20.7 Å². The zero-order valence-electron chi connectivity index (χ0n) is 7.17. The zero-order chi connectivity index (χ0) is 10.9. The summed E-state index contributed by atoms with van der Waals surface area (Å²) in [5.41, 5.74) is 4.64. The summed E-state index contributed by atoms with van der Waals surface area (Å²) in [5.74, 6) is -2.57. The molecule has 0 unspecified atom stereocenters. The Kier molecular flexibility index (Phi) is 2.95. The van der Waals surface area contributed by atoms with Gasteiger partial charge in [0.25, 0.3) is 0 Å². The van der Waals surface area contributed by atoms with Crippen LogP contribution in [0.2, 0.25) is 0 Å². The van der Waals surface area contributed by atoms with E-state index in [1.807, 2.05) is 0 Å². The molecular weight excluding hydrogens is 257 g/mol. The maximum Gasteiger partial charge on any atom is 0.341 e. The number of carbonyl (C=O) groups is 1. The number of benzene rings is 1. The second-order valence-electron chi connectivity index (χ2n) is 2.47. The van der Waals surface area contributed by atoms with Gasteiger partial charge in [0.15, 0.2) is 11.6 Å². The summed E-state index contributed by atoms with van der Waals surface area (Å²) < 4.78 is 18.3. The average Bonchev–Trinajstić information content (AvgIpc) is 2.11. The smallest absolute Gasteiger partial charge is 0.341 e. The van der Waals surface area contributed by atoms with Crippen LogP contribution in [0.4, 0.5) is 10.1 Å². The summed E-state index contributed by atoms with van der Waals surface area (Å²) in [4.78, 5) is 10.7. The van der Waals surface area contributed by atoms with Gasteiger partial charge >= 0.3 is 5.97 Å². The highest BCUT2D eigenvalue weighted by molar-refractivity contribution is 9.10. The second kappa shape index (κ2) is 3.83. The first-order valence-electron chi connectivity index (χ1n) is 3.53. The summed E-state index contributed by atoms with van der Waals surface area (Å²) in [5, 5.41) is 8.69. The van der Waals surface area contributed by atoms with Gasteiger partial charge in [0.1, 0.15) is 5.56 Å². The molecule has 0 fully saturated rings. The van der Waals surface area contributed by atoms with Gasteiger partial charge in [-0.25, -0.2) is 9.18 Å². The molecule has 1 aromatic carbocycles. The molecule has 3 N–H and O–H groups in total. The fourth-order valence-corrected chi connectivity index (χ4v) is 1.38. The van der Waals surface area contributed by atoms with Crippen LogP contribution in [0.15, 0.2) is 10.5 Å². The molecule has 0 bridgehead atoms. The number of ether oxygens (including phenoxy) is 1. The van der Waals surface area contributed by atoms with Crippen molar-refractivity contribution in [2.24, 2.45) is 0 Å². The number of hydrogen-bond donors (Lipinski definition) is 2. The molecule has 0 aliphatic heterocycles. The van der Waals surface area contributed by atoms with Gasteiger partial charge in [-0.1, -0.05) is 0 Å². The fourth-order valence-electron chi connectivity index (χ4n) is 0.975. The molecule has 0 saturated heterocycles. The minimum absolute atomic E-state index is 0.157. The number of anilines is 1. The van der Waals surface area contributed by atoms with E-state index in [0.29, 0.717) is 0 Å². The molecule has 6 heteroatoms. The van der Waals surface area contributed by atoms with Crippen LogP contribution >= 0.6 is 15.9 Å². The topological polar surface area (TPSA) is 72.5 Å². The molecule has 14 heavy (non-hydrogen) atoms. The first kappa shape index (κ1) is 10.8. The summed E-state index contributed by atoms with van der Waals surface area (Å²) in [7, 11) is 1.24. The van der Waals surface area contributed by atoms with Gasteiger partial charge in [-0.15, -0.1) is 0 Å². The predicted molar refractivity (Wildman–Crippen MR) is 52.0 cm³/mol. The quantitative estimate of drug-likeness (QED) is 0.800. The SMILES string of the molecule is COc1cc(Br)c(N)c(C(=O)O)c1F. The van der Waals surface area contributed by atoms with Crippen molar-refractivity contribution in [2.75, 3.05) is 12.8 Å². The first-order chi connectivity index (χ1) is 6.49. The van der Waals surface area contributed by atoms with Crippen molar-refractivity contribution in [3.8, 4) is 5.75 Å². The van der Waals surface area contributed by atoms with Crippen LogP contribution < -0.4 is 10.5 Å². The third kappa shape index (κ3) is 1.65. The van der Waals surface area contributed by atoms with E-state index in [1.165, 1.54) is 13.2 Å². The standard InChI is InChI=1S/C8H7BrFNO3/c1-14-4-2-3(9)7(11)5(6(4)10)8(12)13/h2H,11H2,1H3,(H,12,13). The summed E-state index contributed by atoms with van der Waals surface area (Å²) in [6, 6.07) is 1.27. The lowest BCUT2D eigenvalue weighted by molar-refractivity contribution is 0.0692. The first-order valence-corrected chi connectivity index (χ1v) is 4.33. The number of nitrogens with two attached hydrogens (primary N) is 1. The van der Waals surface area contributed by atoms with Crippen molar-refractivity contribution in [2.45, 2.75) is 0 Å². The number of rotatable bonds is 2. The molecule has 4 nitrogen and oxygen atoms in total. The van der Waals surface area contributed by atoms with Crippen LogP contribution in [0.3, 0.4) is 0 Å². The third-order valence-electron chi connectivity index (χ3n) is 1.65. The van der Waals surface area contributed by atoms with Gasteiger partial charge in [-0.05, 0) is 22.0 Å². The molecule has 0 radical (unpaired) electrons. The molecule has 1 aromatic rings. The Labute approximate surface area is 87.6 Å². The Morgan fingerprint density at radius 3 is 2.71 bits per heavy atom. The number of carboxylic acid groups (broad SMARTS) is 1. The Morgan fingerprint density at radius 2 is 2.29 bits per heavy atom. The Morgan fingerprint density at radius 1 is 1.71 bits per heavy atom. The zero-order valence-corrected chi connectivity index (χ0v) is 8.76. The second-order valence-corrected chi connectivity index (χ2v) is 3.32. The lowest BCUT2D eigenvalue weighted by Crippen LogP contribution is -2.08. The minimum atomic E-state index is -1.43. The number of hydrogen-bond acceptors (Lipinski definition) is 3. The minimum Gasteiger partial charge on any atom is -0.494 e. The van der Waals surface area contributed by atoms with Gasteiger partial charge in [0.05, 0.1) is 12.8 Å². The van der Waals surface area contributed by atoms with Crippen LogP contribution in [0.1, 0.15) is 10.4 Å². The number of methoxy groups -OCH3 is 1. The van der Waals surface area contributed by atoms with E-state index in [0.717, 1.165) is 0 Å². The molecule has 0 amide bonds. The van der Waals surface area contributed by atoms with Gasteiger partial charge in [-0.3, -0.25) is 0 Å². The van der Waals surface area contributed by atoms with Crippen molar-refractivity contribution in [3.63, 3.8) is 0 Å². The van der Waals surface area contributed by atoms with Gasteiger partial charge in [0.2, 0.25) is 0 Å². The fraction of sp³-hybridized carbons (Fsp3) is 0.125. The summed E-state index contributed by atoms with van der Waals surface area (Å²) in [6.45, 7) is 0. The highest BCUT2D eigenvalue weighted by Crippen LogP contribution is 2.32. The maximum absolute atomic E-state index is 13.4. The van der Waals surface area contributed by atoms with Crippen LogP contribution in [0, 0.1) is 5.82 Å². The highest BCUT2D eigenvalue weighted by atomic mass is 79.9. The molecule has 1 rings (SSSR count). The lowest BCUT2D eigenvalue weighted by Gasteiger charge is -2.08. The lowest BCUT2D eigenvalue weighted by atomic mass is 10.1. The molecule has 0 saturated carbocycles. The molecule has 0 aliphatic carbocycles. The monoisotopic (exact) mass is 263 g/mol. The number of aromatic carboxylic acids is 1. The van der Waals surface area contributed by atoms with E-state index in [1.54, 1.807) is 0 Å². The van der Waals surface area contributed by atoms with Crippen molar-refractivity contribution >= 4 is 27.6 Å². The number of halogens is 2. The predicted octanol–water partition coefficient (Wildman–Crippen LogP) is 1.88. The van der Waals surface area contributed by atoms with E-state index in [9.17, 15) is 9.18 Å². The van der Waals surface area contributed by atoms with E-state index in [-0.39, 0.29) is 15.9 Å². The van der Waals surface area contributed by atoms with Crippen LogP contribution in [-0.4, -0.2) is 18.2 Å². The molecular formula is C8H7BrFNO3. The van der Waals surface area contributed by atoms with E-state index in [4.69, 9.17) is 10.8 Å². The van der Waals surface area contributed by atoms with Crippen LogP contribution in [-0.2, 0) is 0 Å². The Balaban J connectivity index is 3.53. The molecule has 0 aromatic heterocycles. The molecule has 0 aliphatic rings. The average molecular weight is 264 g/mol.